The highest BCUT2D eigenvalue weighted by Gasteiger charge is 2.41. The Labute approximate surface area is 166 Å². The predicted molar refractivity (Wildman–Crippen MR) is 116 cm³/mol. The van der Waals surface area contributed by atoms with E-state index < -0.39 is 0 Å². The van der Waals surface area contributed by atoms with E-state index in [1.807, 2.05) is 0 Å². The number of hydrogen-bond donors (Lipinski definition) is 1. The van der Waals surface area contributed by atoms with Crippen molar-refractivity contribution in [1.29, 1.82) is 0 Å². The lowest BCUT2D eigenvalue weighted by Gasteiger charge is -2.40. The molecule has 3 aromatic rings. The summed E-state index contributed by atoms with van der Waals surface area (Å²) in [5, 5.41) is 6.09. The molecule has 1 N–H and O–H groups in total. The van der Waals surface area contributed by atoms with Crippen LogP contribution in [0.2, 0.25) is 0 Å². The van der Waals surface area contributed by atoms with E-state index in [9.17, 15) is 4.79 Å². The molecule has 5 rings (SSSR count). The summed E-state index contributed by atoms with van der Waals surface area (Å²) in [6.07, 6.45) is 1.51. The van der Waals surface area contributed by atoms with Gasteiger partial charge in [-0.3, -0.25) is 4.79 Å². The minimum absolute atomic E-state index is 0.00487. The largest absolute Gasteiger partial charge is 0.358 e. The molecule has 0 saturated heterocycles. The maximum atomic E-state index is 13.3. The van der Waals surface area contributed by atoms with E-state index in [4.69, 9.17) is 0 Å². The van der Waals surface area contributed by atoms with Gasteiger partial charge < -0.3 is 5.32 Å². The molecule has 0 fully saturated rings. The molecule has 0 unspecified atom stereocenters. The highest BCUT2D eigenvalue weighted by molar-refractivity contribution is 6.04. The second-order valence-electron chi connectivity index (χ2n) is 9.05. The average molecular weight is 367 g/mol. The molecule has 28 heavy (non-hydrogen) atoms. The SMILES string of the molecule is Cc1ccc([C@@H]2C3=C(CC(C)(C)CC3=O)Nc3ccc4ccccc4c32)cc1. The van der Waals surface area contributed by atoms with Crippen molar-refractivity contribution in [1.82, 2.24) is 0 Å². The van der Waals surface area contributed by atoms with Gasteiger partial charge in [0.05, 0.1) is 0 Å². The van der Waals surface area contributed by atoms with Gasteiger partial charge in [-0.1, -0.05) is 74.0 Å². The van der Waals surface area contributed by atoms with Gasteiger partial charge in [-0.15, -0.1) is 0 Å². The van der Waals surface area contributed by atoms with Crippen LogP contribution < -0.4 is 5.32 Å². The van der Waals surface area contributed by atoms with Crippen LogP contribution in [0.1, 0.15) is 49.3 Å². The van der Waals surface area contributed by atoms with Gasteiger partial charge in [0.2, 0.25) is 0 Å². The normalized spacial score (nSPS) is 20.5. The second-order valence-corrected chi connectivity index (χ2v) is 9.05. The molecule has 2 aliphatic rings. The fourth-order valence-electron chi connectivity index (χ4n) is 4.90. The van der Waals surface area contributed by atoms with Gasteiger partial charge in [-0.05, 0) is 46.7 Å². The third-order valence-corrected chi connectivity index (χ3v) is 6.16. The predicted octanol–water partition coefficient (Wildman–Crippen LogP) is 6.35. The molecule has 1 atom stereocenters. The number of Topliss-reactive ketones (excluding diaryl/α,β-unsaturated/α-hetero) is 1. The number of benzene rings is 3. The van der Waals surface area contributed by atoms with Gasteiger partial charge in [0, 0.05) is 29.3 Å². The second kappa shape index (κ2) is 6.07. The molecule has 1 heterocycles. The van der Waals surface area contributed by atoms with Crippen molar-refractivity contribution in [3.8, 4) is 0 Å². The van der Waals surface area contributed by atoms with Crippen LogP contribution in [0.15, 0.2) is 71.9 Å². The molecule has 0 amide bonds. The van der Waals surface area contributed by atoms with E-state index in [0.717, 1.165) is 23.4 Å². The number of rotatable bonds is 1. The van der Waals surface area contributed by atoms with E-state index >= 15 is 0 Å². The first kappa shape index (κ1) is 17.2. The fraction of sp³-hybridized carbons (Fsp3) is 0.269. The topological polar surface area (TPSA) is 29.1 Å². The summed E-state index contributed by atoms with van der Waals surface area (Å²) < 4.78 is 0. The lowest BCUT2D eigenvalue weighted by molar-refractivity contribution is -0.118. The van der Waals surface area contributed by atoms with Crippen LogP contribution in [-0.2, 0) is 4.79 Å². The van der Waals surface area contributed by atoms with Gasteiger partial charge in [-0.25, -0.2) is 0 Å². The Bertz CT molecular complexity index is 1130. The number of aryl methyl sites for hydroxylation is 1. The van der Waals surface area contributed by atoms with Crippen molar-refractivity contribution in [2.75, 3.05) is 5.32 Å². The maximum Gasteiger partial charge on any atom is 0.162 e. The Kier molecular flexibility index (Phi) is 3.74. The van der Waals surface area contributed by atoms with Crippen LogP contribution in [0.25, 0.3) is 10.8 Å². The summed E-state index contributed by atoms with van der Waals surface area (Å²) in [5.74, 6) is 0.268. The van der Waals surface area contributed by atoms with Gasteiger partial charge in [0.15, 0.2) is 5.78 Å². The minimum Gasteiger partial charge on any atom is -0.358 e. The van der Waals surface area contributed by atoms with E-state index in [2.05, 4.69) is 86.8 Å². The lowest BCUT2D eigenvalue weighted by atomic mass is 9.68. The summed E-state index contributed by atoms with van der Waals surface area (Å²) >= 11 is 0. The first-order valence-electron chi connectivity index (χ1n) is 10.0. The molecule has 0 saturated carbocycles. The van der Waals surface area contributed by atoms with Crippen LogP contribution in [0.3, 0.4) is 0 Å². The van der Waals surface area contributed by atoms with Crippen molar-refractivity contribution in [2.24, 2.45) is 5.41 Å². The van der Waals surface area contributed by atoms with Crippen LogP contribution in [0.4, 0.5) is 5.69 Å². The number of allylic oxidation sites excluding steroid dienone is 2. The lowest BCUT2D eigenvalue weighted by Crippen LogP contribution is -2.33. The Morgan fingerprint density at radius 3 is 2.46 bits per heavy atom. The average Bonchev–Trinajstić information content (AvgIpc) is 2.66. The zero-order valence-corrected chi connectivity index (χ0v) is 16.7. The maximum absolute atomic E-state index is 13.3. The van der Waals surface area contributed by atoms with E-state index in [0.29, 0.717) is 6.42 Å². The molecule has 2 heteroatoms. The summed E-state index contributed by atoms with van der Waals surface area (Å²) in [7, 11) is 0. The van der Waals surface area contributed by atoms with E-state index in [-0.39, 0.29) is 17.1 Å². The van der Waals surface area contributed by atoms with Crippen LogP contribution in [0, 0.1) is 12.3 Å². The van der Waals surface area contributed by atoms with Crippen LogP contribution in [-0.4, -0.2) is 5.78 Å². The number of carbonyl (C=O) groups excluding carboxylic acids is 1. The summed E-state index contributed by atoms with van der Waals surface area (Å²) in [4.78, 5) is 13.3. The van der Waals surface area contributed by atoms with Crippen LogP contribution >= 0.6 is 0 Å². The molecular formula is C26H25NO. The fourth-order valence-corrected chi connectivity index (χ4v) is 4.90. The van der Waals surface area contributed by atoms with Crippen LogP contribution in [0.5, 0.6) is 0 Å². The molecule has 0 spiro atoms. The minimum atomic E-state index is -0.0125. The summed E-state index contributed by atoms with van der Waals surface area (Å²) in [6.45, 7) is 6.48. The molecule has 2 nitrogen and oxygen atoms in total. The first-order chi connectivity index (χ1) is 13.4. The van der Waals surface area contributed by atoms with Gasteiger partial charge in [0.25, 0.3) is 0 Å². The van der Waals surface area contributed by atoms with Crippen molar-refractivity contribution >= 4 is 22.2 Å². The standard InChI is InChI=1S/C26H25NO/c1-16-8-10-18(11-9-16)23-24-19-7-5-4-6-17(19)12-13-20(24)27-21-14-26(2,3)15-22(28)25(21)23/h4-13,23,27H,14-15H2,1-3H3/t23-/m0/s1. The molecular weight excluding hydrogens is 342 g/mol. The third kappa shape index (κ3) is 2.67. The Morgan fingerprint density at radius 2 is 1.68 bits per heavy atom. The van der Waals surface area contributed by atoms with Gasteiger partial charge in [-0.2, -0.15) is 0 Å². The Balaban J connectivity index is 1.81. The van der Waals surface area contributed by atoms with E-state index in [1.165, 1.54) is 27.5 Å². The van der Waals surface area contributed by atoms with Crippen molar-refractivity contribution in [3.63, 3.8) is 0 Å². The van der Waals surface area contributed by atoms with Crippen molar-refractivity contribution in [3.05, 3.63) is 88.6 Å². The Hall–Kier alpha value is -2.87. The monoisotopic (exact) mass is 367 g/mol. The number of ketones is 1. The quantitative estimate of drug-likeness (QED) is 0.543. The van der Waals surface area contributed by atoms with Crippen molar-refractivity contribution in [2.45, 2.75) is 39.5 Å². The van der Waals surface area contributed by atoms with E-state index in [1.54, 1.807) is 0 Å². The van der Waals surface area contributed by atoms with Crippen molar-refractivity contribution < 1.29 is 4.79 Å². The zero-order chi connectivity index (χ0) is 19.5. The number of carbonyl (C=O) groups is 1. The Morgan fingerprint density at radius 1 is 0.929 bits per heavy atom. The zero-order valence-electron chi connectivity index (χ0n) is 16.7. The number of fused-ring (bicyclic) bond motifs is 3. The summed E-state index contributed by atoms with van der Waals surface area (Å²) in [5.41, 5.74) is 6.87. The third-order valence-electron chi connectivity index (χ3n) is 6.16. The highest BCUT2D eigenvalue weighted by atomic mass is 16.1. The molecule has 140 valence electrons. The smallest absolute Gasteiger partial charge is 0.162 e. The molecule has 3 aromatic carbocycles. The number of nitrogens with one attached hydrogen (secondary N) is 1. The molecule has 1 aliphatic heterocycles. The number of anilines is 1. The first-order valence-corrected chi connectivity index (χ1v) is 10.0. The molecule has 1 aliphatic carbocycles. The summed E-state index contributed by atoms with van der Waals surface area (Å²) in [6, 6.07) is 21.5. The molecule has 0 bridgehead atoms. The van der Waals surface area contributed by atoms with Gasteiger partial charge in [0.1, 0.15) is 0 Å². The number of hydrogen-bond acceptors (Lipinski definition) is 2. The highest BCUT2D eigenvalue weighted by Crippen LogP contribution is 2.50. The molecule has 0 aromatic heterocycles. The molecule has 0 radical (unpaired) electrons. The van der Waals surface area contributed by atoms with Gasteiger partial charge >= 0.3 is 0 Å².